The molecule has 0 amide bonds. The molecule has 0 saturated heterocycles. The average Bonchev–Trinajstić information content (AvgIpc) is 2.32. The molecule has 1 rings (SSSR count). The quantitative estimate of drug-likeness (QED) is 0.758. The number of hydrogen-bond acceptors (Lipinski definition) is 4. The lowest BCUT2D eigenvalue weighted by Crippen LogP contribution is -2.32. The molecule has 112 valence electrons. The molecular weight excluding hydrogens is 270 g/mol. The third-order valence-electron chi connectivity index (χ3n) is 3.22. The minimum Gasteiger partial charge on any atom is -0.389 e. The number of nitrogens with two attached hydrogens (primary N) is 1. The molecular formula is C15H25N3OS. The predicted octanol–water partition coefficient (Wildman–Crippen LogP) is 2.81. The van der Waals surface area contributed by atoms with Gasteiger partial charge in [0.25, 0.3) is 0 Å². The van der Waals surface area contributed by atoms with E-state index in [4.69, 9.17) is 22.7 Å². The SMILES string of the molecule is CCOCC(Nc1cc(C)nc(C)c1C(N)=S)C(C)C. The second-order valence-corrected chi connectivity index (χ2v) is 5.73. The highest BCUT2D eigenvalue weighted by Gasteiger charge is 2.18. The van der Waals surface area contributed by atoms with Crippen LogP contribution in [0.25, 0.3) is 0 Å². The molecule has 5 heteroatoms. The maximum absolute atomic E-state index is 5.84. The summed E-state index contributed by atoms with van der Waals surface area (Å²) in [6.45, 7) is 11.6. The summed E-state index contributed by atoms with van der Waals surface area (Å²) in [6, 6.07) is 2.20. The van der Waals surface area contributed by atoms with Crippen LogP contribution in [-0.4, -0.2) is 29.2 Å². The van der Waals surface area contributed by atoms with Crippen molar-refractivity contribution in [1.82, 2.24) is 4.98 Å². The predicted molar refractivity (Wildman–Crippen MR) is 88.3 cm³/mol. The van der Waals surface area contributed by atoms with Gasteiger partial charge >= 0.3 is 0 Å². The zero-order valence-electron chi connectivity index (χ0n) is 13.0. The topological polar surface area (TPSA) is 60.2 Å². The molecule has 1 aromatic rings. The van der Waals surface area contributed by atoms with Gasteiger partial charge in [0, 0.05) is 23.7 Å². The lowest BCUT2D eigenvalue weighted by Gasteiger charge is -2.25. The van der Waals surface area contributed by atoms with Gasteiger partial charge < -0.3 is 15.8 Å². The molecule has 0 aliphatic heterocycles. The van der Waals surface area contributed by atoms with E-state index in [1.165, 1.54) is 0 Å². The number of pyridine rings is 1. The Labute approximate surface area is 127 Å². The summed E-state index contributed by atoms with van der Waals surface area (Å²) in [4.78, 5) is 4.80. The molecule has 0 spiro atoms. The largest absolute Gasteiger partial charge is 0.389 e. The van der Waals surface area contributed by atoms with Crippen molar-refractivity contribution in [2.75, 3.05) is 18.5 Å². The van der Waals surface area contributed by atoms with Crippen LogP contribution in [0.15, 0.2) is 6.07 Å². The molecule has 0 aliphatic rings. The molecule has 1 unspecified atom stereocenters. The van der Waals surface area contributed by atoms with Crippen molar-refractivity contribution in [2.24, 2.45) is 11.7 Å². The van der Waals surface area contributed by atoms with E-state index >= 15 is 0 Å². The smallest absolute Gasteiger partial charge is 0.107 e. The lowest BCUT2D eigenvalue weighted by molar-refractivity contribution is 0.127. The Morgan fingerprint density at radius 2 is 2.10 bits per heavy atom. The number of nitrogens with zero attached hydrogens (tertiary/aromatic N) is 1. The molecule has 1 atom stereocenters. The Kier molecular flexibility index (Phi) is 6.36. The molecule has 0 bridgehead atoms. The van der Waals surface area contributed by atoms with Gasteiger partial charge in [-0.1, -0.05) is 26.1 Å². The molecule has 0 aliphatic carbocycles. The molecule has 0 radical (unpaired) electrons. The van der Waals surface area contributed by atoms with Crippen molar-refractivity contribution < 1.29 is 4.74 Å². The monoisotopic (exact) mass is 295 g/mol. The highest BCUT2D eigenvalue weighted by Crippen LogP contribution is 2.22. The lowest BCUT2D eigenvalue weighted by atomic mass is 10.0. The zero-order chi connectivity index (χ0) is 15.3. The number of rotatable bonds is 7. The van der Waals surface area contributed by atoms with Gasteiger partial charge in [-0.05, 0) is 32.8 Å². The van der Waals surface area contributed by atoms with E-state index in [9.17, 15) is 0 Å². The van der Waals surface area contributed by atoms with E-state index in [1.807, 2.05) is 26.8 Å². The molecule has 3 N–H and O–H groups in total. The molecule has 0 saturated carbocycles. The number of ether oxygens (including phenoxy) is 1. The number of aromatic nitrogens is 1. The molecule has 1 heterocycles. The fourth-order valence-corrected chi connectivity index (χ4v) is 2.36. The first-order valence-corrected chi connectivity index (χ1v) is 7.40. The third kappa shape index (κ3) is 4.42. The summed E-state index contributed by atoms with van der Waals surface area (Å²) in [6.07, 6.45) is 0. The van der Waals surface area contributed by atoms with E-state index in [2.05, 4.69) is 24.1 Å². The van der Waals surface area contributed by atoms with Crippen LogP contribution >= 0.6 is 12.2 Å². The zero-order valence-corrected chi connectivity index (χ0v) is 13.8. The van der Waals surface area contributed by atoms with Crippen LogP contribution in [0.2, 0.25) is 0 Å². The van der Waals surface area contributed by atoms with E-state index in [0.29, 0.717) is 24.1 Å². The van der Waals surface area contributed by atoms with Crippen molar-refractivity contribution in [2.45, 2.75) is 40.7 Å². The van der Waals surface area contributed by atoms with Gasteiger partial charge in [-0.15, -0.1) is 0 Å². The standard InChI is InChI=1S/C15H25N3OS/c1-6-19-8-13(9(2)3)18-12-7-10(4)17-11(5)14(12)15(16)20/h7,9,13H,6,8H2,1-5H3,(H2,16,20)(H,17,18). The highest BCUT2D eigenvalue weighted by molar-refractivity contribution is 7.80. The Bertz CT molecular complexity index is 474. The minimum atomic E-state index is 0.212. The third-order valence-corrected chi connectivity index (χ3v) is 3.43. The van der Waals surface area contributed by atoms with Crippen molar-refractivity contribution in [3.05, 3.63) is 23.0 Å². The van der Waals surface area contributed by atoms with E-state index in [1.54, 1.807) is 0 Å². The molecule has 20 heavy (non-hydrogen) atoms. The first-order chi connectivity index (χ1) is 9.36. The van der Waals surface area contributed by atoms with Crippen LogP contribution in [0.3, 0.4) is 0 Å². The van der Waals surface area contributed by atoms with Gasteiger partial charge in [0.2, 0.25) is 0 Å². The van der Waals surface area contributed by atoms with Gasteiger partial charge in [-0.3, -0.25) is 4.98 Å². The normalized spacial score (nSPS) is 12.5. The molecule has 0 fully saturated rings. The summed E-state index contributed by atoms with van der Waals surface area (Å²) < 4.78 is 5.55. The highest BCUT2D eigenvalue weighted by atomic mass is 32.1. The summed E-state index contributed by atoms with van der Waals surface area (Å²) in [7, 11) is 0. The van der Waals surface area contributed by atoms with Crippen molar-refractivity contribution in [3.63, 3.8) is 0 Å². The van der Waals surface area contributed by atoms with Crippen molar-refractivity contribution >= 4 is 22.9 Å². The van der Waals surface area contributed by atoms with Crippen LogP contribution in [0, 0.1) is 19.8 Å². The summed E-state index contributed by atoms with van der Waals surface area (Å²) >= 11 is 5.15. The van der Waals surface area contributed by atoms with E-state index < -0.39 is 0 Å². The summed E-state index contributed by atoms with van der Waals surface area (Å²) in [5.74, 6) is 0.439. The number of hydrogen-bond donors (Lipinski definition) is 2. The second-order valence-electron chi connectivity index (χ2n) is 5.29. The Hall–Kier alpha value is -1.20. The Morgan fingerprint density at radius 1 is 1.45 bits per heavy atom. The molecule has 1 aromatic heterocycles. The minimum absolute atomic E-state index is 0.212. The number of anilines is 1. The van der Waals surface area contributed by atoms with E-state index in [-0.39, 0.29) is 6.04 Å². The number of aryl methyl sites for hydroxylation is 2. The average molecular weight is 295 g/mol. The number of thiocarbonyl (C=S) groups is 1. The van der Waals surface area contributed by atoms with Crippen LogP contribution in [0.1, 0.15) is 37.7 Å². The van der Waals surface area contributed by atoms with Gasteiger partial charge in [-0.2, -0.15) is 0 Å². The van der Waals surface area contributed by atoms with Crippen molar-refractivity contribution in [3.8, 4) is 0 Å². The van der Waals surface area contributed by atoms with Crippen LogP contribution in [-0.2, 0) is 4.74 Å². The van der Waals surface area contributed by atoms with Gasteiger partial charge in [0.1, 0.15) is 4.99 Å². The van der Waals surface area contributed by atoms with Crippen LogP contribution in [0.5, 0.6) is 0 Å². The second kappa shape index (κ2) is 7.55. The summed E-state index contributed by atoms with van der Waals surface area (Å²) in [5, 5.41) is 3.51. The first kappa shape index (κ1) is 16.9. The maximum Gasteiger partial charge on any atom is 0.107 e. The van der Waals surface area contributed by atoms with Gasteiger partial charge in [0.05, 0.1) is 18.2 Å². The maximum atomic E-state index is 5.84. The number of nitrogens with one attached hydrogen (secondary N) is 1. The van der Waals surface area contributed by atoms with Crippen molar-refractivity contribution in [1.29, 1.82) is 0 Å². The fraction of sp³-hybridized carbons (Fsp3) is 0.600. The van der Waals surface area contributed by atoms with E-state index in [0.717, 1.165) is 22.6 Å². The molecule has 4 nitrogen and oxygen atoms in total. The van der Waals surface area contributed by atoms with Gasteiger partial charge in [-0.25, -0.2) is 0 Å². The fourth-order valence-electron chi connectivity index (χ4n) is 2.10. The van der Waals surface area contributed by atoms with Crippen LogP contribution in [0.4, 0.5) is 5.69 Å². The van der Waals surface area contributed by atoms with Crippen LogP contribution < -0.4 is 11.1 Å². The molecule has 0 aromatic carbocycles. The van der Waals surface area contributed by atoms with Gasteiger partial charge in [0.15, 0.2) is 0 Å². The summed E-state index contributed by atoms with van der Waals surface area (Å²) in [5.41, 5.74) is 9.42. The Balaban J connectivity index is 3.07. The first-order valence-electron chi connectivity index (χ1n) is 6.99. The Morgan fingerprint density at radius 3 is 2.60 bits per heavy atom.